The van der Waals surface area contributed by atoms with Crippen molar-refractivity contribution in [2.24, 2.45) is 0 Å². The van der Waals surface area contributed by atoms with Gasteiger partial charge in [0.15, 0.2) is 5.75 Å². The van der Waals surface area contributed by atoms with Crippen LogP contribution < -0.4 is 9.46 Å². The summed E-state index contributed by atoms with van der Waals surface area (Å²) in [7, 11) is -3.83. The number of thioether (sulfide) groups is 1. The van der Waals surface area contributed by atoms with E-state index in [4.69, 9.17) is 16.3 Å². The van der Waals surface area contributed by atoms with Crippen molar-refractivity contribution in [2.45, 2.75) is 9.79 Å². The number of ether oxygens (including phenoxy) is 1. The Morgan fingerprint density at radius 1 is 0.962 bits per heavy atom. The van der Waals surface area contributed by atoms with E-state index in [2.05, 4.69) is 4.72 Å². The molecule has 3 rings (SSSR count). The Labute approximate surface area is 162 Å². The summed E-state index contributed by atoms with van der Waals surface area (Å²) < 4.78 is 34.2. The molecule has 0 fully saturated rings. The second-order valence-corrected chi connectivity index (χ2v) is 8.25. The quantitative estimate of drug-likeness (QED) is 0.538. The summed E-state index contributed by atoms with van der Waals surface area (Å²) in [4.78, 5) is 0.746. The Morgan fingerprint density at radius 3 is 2.38 bits per heavy atom. The average molecular weight is 406 g/mol. The van der Waals surface area contributed by atoms with Crippen molar-refractivity contribution in [3.8, 4) is 11.5 Å². The first kappa shape index (κ1) is 18.6. The summed E-state index contributed by atoms with van der Waals surface area (Å²) in [5.41, 5.74) is 0.350. The highest BCUT2D eigenvalue weighted by molar-refractivity contribution is 7.99. The summed E-state index contributed by atoms with van der Waals surface area (Å²) >= 11 is 7.33. The second-order valence-electron chi connectivity index (χ2n) is 5.31. The molecule has 0 aromatic heterocycles. The Kier molecular flexibility index (Phi) is 5.76. The van der Waals surface area contributed by atoms with Crippen LogP contribution in [0.1, 0.15) is 0 Å². The number of hydrogen-bond acceptors (Lipinski definition) is 4. The molecule has 0 radical (unpaired) electrons. The van der Waals surface area contributed by atoms with Crippen LogP contribution in [0.2, 0.25) is 5.02 Å². The van der Waals surface area contributed by atoms with Crippen molar-refractivity contribution in [1.82, 2.24) is 0 Å². The second kappa shape index (κ2) is 8.03. The predicted octanol–water partition coefficient (Wildman–Crippen LogP) is 5.66. The molecule has 134 valence electrons. The van der Waals surface area contributed by atoms with E-state index in [9.17, 15) is 8.42 Å². The molecule has 0 aliphatic carbocycles. The number of sulfonamides is 1. The van der Waals surface area contributed by atoms with E-state index in [1.165, 1.54) is 17.8 Å². The van der Waals surface area contributed by atoms with Crippen LogP contribution in [0, 0.1) is 0 Å². The number of hydrogen-bond donors (Lipinski definition) is 1. The topological polar surface area (TPSA) is 55.4 Å². The van der Waals surface area contributed by atoms with Gasteiger partial charge in [-0.05, 0) is 48.7 Å². The van der Waals surface area contributed by atoms with Crippen LogP contribution in [-0.2, 0) is 10.0 Å². The van der Waals surface area contributed by atoms with Crippen LogP contribution in [0.3, 0.4) is 0 Å². The molecule has 0 saturated carbocycles. The first-order chi connectivity index (χ1) is 12.5. The van der Waals surface area contributed by atoms with Crippen molar-refractivity contribution >= 4 is 39.1 Å². The Bertz CT molecular complexity index is 1010. The van der Waals surface area contributed by atoms with Crippen molar-refractivity contribution < 1.29 is 13.2 Å². The zero-order chi connectivity index (χ0) is 18.6. The van der Waals surface area contributed by atoms with Gasteiger partial charge < -0.3 is 4.74 Å². The number of halogens is 1. The molecule has 0 bridgehead atoms. The number of benzene rings is 3. The van der Waals surface area contributed by atoms with E-state index in [0.717, 1.165) is 0 Å². The maximum Gasteiger partial charge on any atom is 0.263 e. The Hall–Kier alpha value is -2.15. The highest BCUT2D eigenvalue weighted by atomic mass is 35.5. The molecule has 26 heavy (non-hydrogen) atoms. The van der Waals surface area contributed by atoms with Gasteiger partial charge in [-0.25, -0.2) is 8.42 Å². The van der Waals surface area contributed by atoms with Gasteiger partial charge in [0.1, 0.15) is 10.6 Å². The van der Waals surface area contributed by atoms with Gasteiger partial charge in [0.25, 0.3) is 10.0 Å². The fourth-order valence-corrected chi connectivity index (χ4v) is 4.78. The summed E-state index contributed by atoms with van der Waals surface area (Å²) in [5, 5.41) is 0.358. The zero-order valence-electron chi connectivity index (χ0n) is 13.8. The molecule has 0 spiro atoms. The fourth-order valence-electron chi connectivity index (χ4n) is 2.32. The number of nitrogens with one attached hydrogen (secondary N) is 1. The predicted molar refractivity (Wildman–Crippen MR) is 107 cm³/mol. The van der Waals surface area contributed by atoms with E-state index in [0.29, 0.717) is 27.1 Å². The van der Waals surface area contributed by atoms with Crippen molar-refractivity contribution in [1.29, 1.82) is 0 Å². The van der Waals surface area contributed by atoms with Gasteiger partial charge in [0, 0.05) is 9.92 Å². The lowest BCUT2D eigenvalue weighted by atomic mass is 10.3. The van der Waals surface area contributed by atoms with Crippen LogP contribution >= 0.6 is 23.4 Å². The molecule has 3 aromatic carbocycles. The lowest BCUT2D eigenvalue weighted by Crippen LogP contribution is -2.14. The molecule has 0 unspecified atom stereocenters. The highest BCUT2D eigenvalue weighted by Crippen LogP contribution is 2.33. The normalized spacial score (nSPS) is 11.2. The molecular weight excluding hydrogens is 390 g/mol. The van der Waals surface area contributed by atoms with Gasteiger partial charge >= 0.3 is 0 Å². The Balaban J connectivity index is 1.95. The standard InChI is InChI=1S/C19H16ClNO3S2/c1-25-18-12-11-14(20)13-19(18)26(22,23)21-16-9-5-6-10-17(16)24-15-7-3-2-4-8-15/h2-13,21H,1H3. The van der Waals surface area contributed by atoms with Crippen molar-refractivity contribution in [3.05, 3.63) is 77.8 Å². The van der Waals surface area contributed by atoms with Crippen LogP contribution in [0.5, 0.6) is 11.5 Å². The monoisotopic (exact) mass is 405 g/mol. The fraction of sp³-hybridized carbons (Fsp3) is 0.0526. The van der Waals surface area contributed by atoms with Crippen molar-refractivity contribution in [2.75, 3.05) is 11.0 Å². The number of para-hydroxylation sites is 3. The highest BCUT2D eigenvalue weighted by Gasteiger charge is 2.21. The third kappa shape index (κ3) is 4.33. The minimum Gasteiger partial charge on any atom is -0.455 e. The third-order valence-electron chi connectivity index (χ3n) is 3.52. The molecule has 7 heteroatoms. The minimum atomic E-state index is -3.83. The van der Waals surface area contributed by atoms with E-state index in [1.54, 1.807) is 48.5 Å². The molecule has 0 saturated heterocycles. The van der Waals surface area contributed by atoms with E-state index in [-0.39, 0.29) is 4.90 Å². The summed E-state index contributed by atoms with van der Waals surface area (Å²) in [6.45, 7) is 0. The molecular formula is C19H16ClNO3S2. The van der Waals surface area contributed by atoms with E-state index >= 15 is 0 Å². The van der Waals surface area contributed by atoms with Gasteiger partial charge in [0.05, 0.1) is 5.69 Å². The lowest BCUT2D eigenvalue weighted by Gasteiger charge is -2.15. The maximum atomic E-state index is 12.9. The Morgan fingerprint density at radius 2 is 1.65 bits per heavy atom. The van der Waals surface area contributed by atoms with Gasteiger partial charge in [-0.1, -0.05) is 41.9 Å². The summed E-state index contributed by atoms with van der Waals surface area (Å²) in [6.07, 6.45) is 1.81. The molecule has 4 nitrogen and oxygen atoms in total. The first-order valence-electron chi connectivity index (χ1n) is 7.68. The van der Waals surface area contributed by atoms with Crippen LogP contribution in [0.15, 0.2) is 82.6 Å². The minimum absolute atomic E-state index is 0.131. The molecule has 0 atom stereocenters. The van der Waals surface area contributed by atoms with Gasteiger partial charge in [-0.3, -0.25) is 4.72 Å². The zero-order valence-corrected chi connectivity index (χ0v) is 16.2. The van der Waals surface area contributed by atoms with E-state index in [1.807, 2.05) is 24.5 Å². The molecule has 0 amide bonds. The summed E-state index contributed by atoms with van der Waals surface area (Å²) in [6, 6.07) is 20.8. The largest absolute Gasteiger partial charge is 0.455 e. The molecule has 0 aliphatic rings. The van der Waals surface area contributed by atoms with Gasteiger partial charge in [-0.2, -0.15) is 0 Å². The van der Waals surface area contributed by atoms with Crippen LogP contribution in [0.4, 0.5) is 5.69 Å². The van der Waals surface area contributed by atoms with Crippen molar-refractivity contribution in [3.63, 3.8) is 0 Å². The molecule has 3 aromatic rings. The van der Waals surface area contributed by atoms with Crippen LogP contribution in [0.25, 0.3) is 0 Å². The molecule has 0 aliphatic heterocycles. The first-order valence-corrected chi connectivity index (χ1v) is 10.8. The van der Waals surface area contributed by atoms with Gasteiger partial charge in [-0.15, -0.1) is 11.8 Å². The maximum absolute atomic E-state index is 12.9. The van der Waals surface area contributed by atoms with E-state index < -0.39 is 10.0 Å². The SMILES string of the molecule is CSc1ccc(Cl)cc1S(=O)(=O)Nc1ccccc1Oc1ccccc1. The number of anilines is 1. The number of rotatable bonds is 6. The average Bonchev–Trinajstić information content (AvgIpc) is 2.64. The van der Waals surface area contributed by atoms with Gasteiger partial charge in [0.2, 0.25) is 0 Å². The third-order valence-corrected chi connectivity index (χ3v) is 6.08. The molecule has 1 N–H and O–H groups in total. The molecule has 0 heterocycles. The summed E-state index contributed by atoms with van der Waals surface area (Å²) in [5.74, 6) is 1.03. The smallest absolute Gasteiger partial charge is 0.263 e. The lowest BCUT2D eigenvalue weighted by molar-refractivity contribution is 0.485. The van der Waals surface area contributed by atoms with Crippen LogP contribution in [-0.4, -0.2) is 14.7 Å².